The highest BCUT2D eigenvalue weighted by Crippen LogP contribution is 2.45. The predicted molar refractivity (Wildman–Crippen MR) is 339 cm³/mol. The molecule has 0 aliphatic carbocycles. The summed E-state index contributed by atoms with van der Waals surface area (Å²) < 4.78 is 30.0. The Hall–Kier alpha value is -11.6. The molecule has 0 saturated heterocycles. The van der Waals surface area contributed by atoms with Crippen molar-refractivity contribution in [2.75, 3.05) is 0 Å². The highest BCUT2D eigenvalue weighted by molar-refractivity contribution is 6.29. The smallest absolute Gasteiger partial charge is 0.238 e. The predicted octanol–water partition coefficient (Wildman–Crippen LogP) is 20.3. The van der Waals surface area contributed by atoms with Crippen LogP contribution in [0.4, 0.5) is 0 Å². The van der Waals surface area contributed by atoms with E-state index in [-0.39, 0.29) is 0 Å². The summed E-state index contributed by atoms with van der Waals surface area (Å²) in [5, 5.41) is 12.8. The summed E-state index contributed by atoms with van der Waals surface area (Å²) in [6.45, 7) is 0. The number of para-hydroxylation sites is 6. The number of aromatic nitrogens is 5. The summed E-state index contributed by atoms with van der Waals surface area (Å²) >= 11 is 0. The molecule has 19 rings (SSSR count). The van der Waals surface area contributed by atoms with Gasteiger partial charge in [-0.25, -0.2) is 4.98 Å². The number of fused-ring (bicyclic) bond motifs is 19. The first-order valence-electron chi connectivity index (χ1n) is 28.1. The van der Waals surface area contributed by atoms with E-state index >= 15 is 0 Å². The van der Waals surface area contributed by atoms with Crippen LogP contribution in [0, 0.1) is 0 Å². The molecule has 0 aliphatic rings. The van der Waals surface area contributed by atoms with Gasteiger partial charge < -0.3 is 22.2 Å². The highest BCUT2D eigenvalue weighted by atomic mass is 16.3. The van der Waals surface area contributed by atoms with Crippen LogP contribution in [0.15, 0.2) is 266 Å². The lowest BCUT2D eigenvalue weighted by molar-refractivity contribution is 0.668. The minimum Gasteiger partial charge on any atom is -0.456 e. The molecule has 0 saturated carbocycles. The number of rotatable bonds is 6. The molecule has 7 heterocycles. The van der Waals surface area contributed by atoms with E-state index in [0.717, 1.165) is 170 Å². The average molecular weight is 1080 g/mol. The molecule has 0 aliphatic heterocycles. The number of nitrogens with zero attached hydrogens (tertiary/aromatic N) is 5. The molecule has 0 radical (unpaired) electrons. The third kappa shape index (κ3) is 6.57. The number of benzene rings is 12. The standard InChI is InChI=1S/C75H41N5O4/c1-7-19-59-53(17-1)71-61(79(59)48-36-46(42-25-31-67-55(38-42)49-13-3-9-21-63(49)81-67)35-47(37-48)43-26-32-68-56(39-43)50-14-4-10-22-64(50)82-68)29-30-62-72(71)54-18-2-8-20-60(54)80(62)75-77-73(44-27-33-69-57(40-44)51-15-5-11-23-65(51)83-69)76-74(78-75)45-28-34-70-58(41-45)52-16-6-12-24-66(52)84-70/h1-41H. The van der Waals surface area contributed by atoms with Gasteiger partial charge in [0.15, 0.2) is 11.6 Å². The normalized spacial score (nSPS) is 12.3. The summed E-state index contributed by atoms with van der Waals surface area (Å²) in [6, 6.07) is 87.2. The summed E-state index contributed by atoms with van der Waals surface area (Å²) in [4.78, 5) is 16.2. The van der Waals surface area contributed by atoms with Crippen molar-refractivity contribution in [2.45, 2.75) is 0 Å². The Morgan fingerprint density at radius 1 is 0.226 bits per heavy atom. The Kier molecular flexibility index (Phi) is 9.15. The molecule has 0 amide bonds. The SMILES string of the molecule is c1ccc2c(c1)oc1ccc(-c3cc(-c4ccc5oc6ccccc6c5c4)cc(-n4c5ccccc5c5c6c7ccccc7n(-c7nc(-c8ccc9oc%10ccccc%10c9c8)nc(-c8ccc9oc%10ccccc%10c9c8)n7)c6ccc54)c3)cc12. The summed E-state index contributed by atoms with van der Waals surface area (Å²) in [7, 11) is 0. The molecule has 390 valence electrons. The topological polar surface area (TPSA) is 101 Å². The number of hydrogen-bond donors (Lipinski definition) is 0. The molecule has 84 heavy (non-hydrogen) atoms. The maximum Gasteiger partial charge on any atom is 0.238 e. The first-order valence-corrected chi connectivity index (χ1v) is 28.1. The van der Waals surface area contributed by atoms with Crippen LogP contribution in [-0.4, -0.2) is 24.1 Å². The van der Waals surface area contributed by atoms with Crippen LogP contribution in [0.2, 0.25) is 0 Å². The van der Waals surface area contributed by atoms with Crippen molar-refractivity contribution in [3.05, 3.63) is 249 Å². The van der Waals surface area contributed by atoms with Crippen LogP contribution in [0.25, 0.3) is 188 Å². The monoisotopic (exact) mass is 1080 g/mol. The molecular formula is C75H41N5O4. The summed E-state index contributed by atoms with van der Waals surface area (Å²) in [5.74, 6) is 1.58. The molecule has 0 spiro atoms. The van der Waals surface area contributed by atoms with Crippen LogP contribution >= 0.6 is 0 Å². The minimum atomic E-state index is 0.501. The summed E-state index contributed by atoms with van der Waals surface area (Å²) in [6.07, 6.45) is 0. The van der Waals surface area contributed by atoms with Crippen molar-refractivity contribution in [3.8, 4) is 56.7 Å². The lowest BCUT2D eigenvalue weighted by atomic mass is 9.96. The number of furan rings is 4. The second-order valence-electron chi connectivity index (χ2n) is 21.8. The molecule has 7 aromatic heterocycles. The van der Waals surface area contributed by atoms with Gasteiger partial charge in [-0.15, -0.1) is 0 Å². The van der Waals surface area contributed by atoms with Crippen molar-refractivity contribution in [1.29, 1.82) is 0 Å². The zero-order valence-corrected chi connectivity index (χ0v) is 44.5. The van der Waals surface area contributed by atoms with E-state index in [9.17, 15) is 0 Å². The molecule has 19 aromatic rings. The molecule has 0 atom stereocenters. The van der Waals surface area contributed by atoms with Gasteiger partial charge in [0.2, 0.25) is 5.95 Å². The Balaban J connectivity index is 0.855. The molecule has 0 bridgehead atoms. The van der Waals surface area contributed by atoms with Gasteiger partial charge in [0, 0.05) is 81.4 Å². The van der Waals surface area contributed by atoms with E-state index in [0.29, 0.717) is 17.6 Å². The fourth-order valence-electron chi connectivity index (χ4n) is 13.4. The lowest BCUT2D eigenvalue weighted by Gasteiger charge is -2.14. The van der Waals surface area contributed by atoms with Crippen LogP contribution in [-0.2, 0) is 0 Å². The van der Waals surface area contributed by atoms with Crippen LogP contribution in [0.5, 0.6) is 0 Å². The second kappa shape index (κ2) is 17.0. The lowest BCUT2D eigenvalue weighted by Crippen LogP contribution is -2.06. The van der Waals surface area contributed by atoms with Gasteiger partial charge in [-0.3, -0.25) is 4.57 Å². The zero-order chi connectivity index (χ0) is 54.7. The van der Waals surface area contributed by atoms with Crippen LogP contribution in [0.3, 0.4) is 0 Å². The quantitative estimate of drug-likeness (QED) is 0.163. The van der Waals surface area contributed by atoms with Crippen molar-refractivity contribution in [1.82, 2.24) is 24.1 Å². The maximum atomic E-state index is 6.35. The van der Waals surface area contributed by atoms with Gasteiger partial charge >= 0.3 is 0 Å². The molecular weight excluding hydrogens is 1030 g/mol. The molecule has 9 nitrogen and oxygen atoms in total. The van der Waals surface area contributed by atoms with Crippen molar-refractivity contribution in [3.63, 3.8) is 0 Å². The van der Waals surface area contributed by atoms with Gasteiger partial charge in [-0.2, -0.15) is 9.97 Å². The van der Waals surface area contributed by atoms with Crippen molar-refractivity contribution in [2.24, 2.45) is 0 Å². The third-order valence-corrected chi connectivity index (χ3v) is 17.2. The average Bonchev–Trinajstić information content (AvgIpc) is 2.57. The highest BCUT2D eigenvalue weighted by Gasteiger charge is 2.25. The first kappa shape index (κ1) is 45.2. The Morgan fingerprint density at radius 3 is 0.988 bits per heavy atom. The number of hydrogen-bond acceptors (Lipinski definition) is 7. The van der Waals surface area contributed by atoms with E-state index in [1.165, 1.54) is 0 Å². The fraction of sp³-hybridized carbons (Fsp3) is 0. The molecule has 0 fully saturated rings. The van der Waals surface area contributed by atoms with Gasteiger partial charge in [-0.05, 0) is 150 Å². The van der Waals surface area contributed by atoms with Crippen molar-refractivity contribution < 1.29 is 17.7 Å². The molecule has 9 heteroatoms. The van der Waals surface area contributed by atoms with E-state index in [4.69, 9.17) is 32.6 Å². The second-order valence-corrected chi connectivity index (χ2v) is 21.8. The van der Waals surface area contributed by atoms with Crippen molar-refractivity contribution >= 4 is 131 Å². The Morgan fingerprint density at radius 2 is 0.560 bits per heavy atom. The third-order valence-electron chi connectivity index (χ3n) is 17.2. The molecule has 0 unspecified atom stereocenters. The zero-order valence-electron chi connectivity index (χ0n) is 44.5. The fourth-order valence-corrected chi connectivity index (χ4v) is 13.4. The van der Waals surface area contributed by atoms with E-state index in [1.54, 1.807) is 0 Å². The van der Waals surface area contributed by atoms with Gasteiger partial charge in [0.25, 0.3) is 0 Å². The van der Waals surface area contributed by atoms with E-state index in [1.807, 2.05) is 84.9 Å². The van der Waals surface area contributed by atoms with Gasteiger partial charge in [-0.1, -0.05) is 121 Å². The first-order chi connectivity index (χ1) is 41.6. The Bertz CT molecular complexity index is 5390. The van der Waals surface area contributed by atoms with E-state index in [2.05, 4.69) is 173 Å². The molecule has 0 N–H and O–H groups in total. The van der Waals surface area contributed by atoms with Gasteiger partial charge in [0.05, 0.1) is 22.1 Å². The van der Waals surface area contributed by atoms with Crippen LogP contribution in [0.1, 0.15) is 0 Å². The molecule has 12 aromatic carbocycles. The largest absolute Gasteiger partial charge is 0.456 e. The maximum absolute atomic E-state index is 6.35. The van der Waals surface area contributed by atoms with E-state index < -0.39 is 0 Å². The Labute approximate surface area is 476 Å². The van der Waals surface area contributed by atoms with Crippen LogP contribution < -0.4 is 0 Å². The van der Waals surface area contributed by atoms with Gasteiger partial charge in [0.1, 0.15) is 44.7 Å². The summed E-state index contributed by atoms with van der Waals surface area (Å²) in [5.41, 5.74) is 17.9. The minimum absolute atomic E-state index is 0.501.